The molecule has 0 unspecified atom stereocenters. The number of benzene rings is 1. The quantitative estimate of drug-likeness (QED) is 0.892. The molecule has 1 aromatic carbocycles. The second-order valence-corrected chi connectivity index (χ2v) is 6.29. The predicted molar refractivity (Wildman–Crippen MR) is 84.0 cm³/mol. The fraction of sp³-hybridized carbons (Fsp3) is 0.588. The van der Waals surface area contributed by atoms with E-state index in [1.54, 1.807) is 0 Å². The van der Waals surface area contributed by atoms with Gasteiger partial charge in [0, 0.05) is 6.04 Å². The summed E-state index contributed by atoms with van der Waals surface area (Å²) in [6.45, 7) is 2.04. The number of nitrogens with zero attached hydrogens (tertiary/aromatic N) is 1. The maximum Gasteiger partial charge on any atom is 0.242 e. The highest BCUT2D eigenvalue weighted by Gasteiger charge is 2.27. The molecule has 0 radical (unpaired) electrons. The second kappa shape index (κ2) is 7.05. The topological polar surface area (TPSA) is 52.6 Å². The van der Waals surface area contributed by atoms with Crippen LogP contribution >= 0.6 is 0 Å². The van der Waals surface area contributed by atoms with Gasteiger partial charge in [-0.2, -0.15) is 0 Å². The first-order valence-electron chi connectivity index (χ1n) is 7.69. The molecule has 116 valence electrons. The monoisotopic (exact) mass is 290 g/mol. The van der Waals surface area contributed by atoms with Crippen molar-refractivity contribution < 1.29 is 9.90 Å². The Hall–Kier alpha value is -1.39. The Labute approximate surface area is 127 Å². The van der Waals surface area contributed by atoms with E-state index in [2.05, 4.69) is 11.4 Å². The third-order valence-corrected chi connectivity index (χ3v) is 4.17. The molecule has 0 aliphatic heterocycles. The highest BCUT2D eigenvalue weighted by Crippen LogP contribution is 2.22. The van der Waals surface area contributed by atoms with E-state index in [1.165, 1.54) is 0 Å². The maximum absolute atomic E-state index is 12.6. The van der Waals surface area contributed by atoms with Gasteiger partial charge in [0.25, 0.3) is 0 Å². The molecule has 1 aliphatic carbocycles. The number of nitrogens with one attached hydrogen (secondary N) is 1. The van der Waals surface area contributed by atoms with Crippen molar-refractivity contribution >= 4 is 5.91 Å². The van der Waals surface area contributed by atoms with Gasteiger partial charge in [0.15, 0.2) is 0 Å². The number of rotatable bonds is 4. The van der Waals surface area contributed by atoms with Crippen molar-refractivity contribution in [2.75, 3.05) is 14.1 Å². The van der Waals surface area contributed by atoms with Crippen LogP contribution in [-0.2, 0) is 4.79 Å². The Morgan fingerprint density at radius 3 is 2.52 bits per heavy atom. The fourth-order valence-corrected chi connectivity index (χ4v) is 3.02. The minimum Gasteiger partial charge on any atom is -0.393 e. The standard InChI is InChI=1S/C17H26N2O2/c1-12-5-4-6-13(11-12)16(19(2)3)17(21)18-14-7-9-15(20)10-8-14/h4-6,11,14-16,20H,7-10H2,1-3H3,(H,18,21)/t14?,15?,16-/m1/s1. The molecule has 4 heteroatoms. The average molecular weight is 290 g/mol. The molecule has 1 atom stereocenters. The SMILES string of the molecule is Cc1cccc([C@H](C(=O)NC2CCC(O)CC2)N(C)C)c1. The molecule has 2 N–H and O–H groups in total. The Kier molecular flexibility index (Phi) is 5.37. The van der Waals surface area contributed by atoms with Gasteiger partial charge in [-0.05, 0) is 52.3 Å². The van der Waals surface area contributed by atoms with Gasteiger partial charge in [0.2, 0.25) is 5.91 Å². The van der Waals surface area contributed by atoms with Crippen molar-refractivity contribution in [2.45, 2.75) is 50.8 Å². The van der Waals surface area contributed by atoms with Crippen LogP contribution in [0.3, 0.4) is 0 Å². The number of carbonyl (C=O) groups excluding carboxylic acids is 1. The fourth-order valence-electron chi connectivity index (χ4n) is 3.02. The van der Waals surface area contributed by atoms with Crippen LogP contribution < -0.4 is 5.32 Å². The predicted octanol–water partition coefficient (Wildman–Crippen LogP) is 2.02. The zero-order valence-corrected chi connectivity index (χ0v) is 13.2. The number of likely N-dealkylation sites (N-methyl/N-ethyl adjacent to an activating group) is 1. The largest absolute Gasteiger partial charge is 0.393 e. The first-order chi connectivity index (χ1) is 9.97. The van der Waals surface area contributed by atoms with Crippen molar-refractivity contribution in [1.29, 1.82) is 0 Å². The third kappa shape index (κ3) is 4.29. The molecule has 1 saturated carbocycles. The number of carbonyl (C=O) groups is 1. The molecule has 4 nitrogen and oxygen atoms in total. The number of aliphatic hydroxyl groups is 1. The van der Waals surface area contributed by atoms with Crippen LogP contribution in [0.4, 0.5) is 0 Å². The molecule has 1 aromatic rings. The highest BCUT2D eigenvalue weighted by molar-refractivity contribution is 5.83. The Morgan fingerprint density at radius 1 is 1.29 bits per heavy atom. The van der Waals surface area contributed by atoms with Crippen LogP contribution in [0.15, 0.2) is 24.3 Å². The zero-order chi connectivity index (χ0) is 15.4. The number of aliphatic hydroxyl groups excluding tert-OH is 1. The van der Waals surface area contributed by atoms with Crippen molar-refractivity contribution in [2.24, 2.45) is 0 Å². The van der Waals surface area contributed by atoms with Gasteiger partial charge in [0.05, 0.1) is 6.10 Å². The summed E-state index contributed by atoms with van der Waals surface area (Å²) in [5, 5.41) is 12.7. The first-order valence-corrected chi connectivity index (χ1v) is 7.69. The summed E-state index contributed by atoms with van der Waals surface area (Å²) in [6, 6.07) is 8.02. The van der Waals surface area contributed by atoms with Crippen LogP contribution in [0.1, 0.15) is 42.9 Å². The van der Waals surface area contributed by atoms with E-state index in [1.807, 2.05) is 44.1 Å². The summed E-state index contributed by atoms with van der Waals surface area (Å²) in [5.74, 6) is 0.0481. The highest BCUT2D eigenvalue weighted by atomic mass is 16.3. The molecule has 0 aromatic heterocycles. The molecule has 1 aliphatic rings. The van der Waals surface area contributed by atoms with Gasteiger partial charge in [-0.15, -0.1) is 0 Å². The van der Waals surface area contributed by atoms with Gasteiger partial charge >= 0.3 is 0 Å². The van der Waals surface area contributed by atoms with Crippen LogP contribution in [0.2, 0.25) is 0 Å². The van der Waals surface area contributed by atoms with Gasteiger partial charge in [0.1, 0.15) is 6.04 Å². The minimum atomic E-state index is -0.267. The van der Waals surface area contributed by atoms with E-state index in [-0.39, 0.29) is 24.1 Å². The first kappa shape index (κ1) is 16.0. The summed E-state index contributed by atoms with van der Waals surface area (Å²) in [7, 11) is 3.86. The lowest BCUT2D eigenvalue weighted by molar-refractivity contribution is -0.126. The lowest BCUT2D eigenvalue weighted by atomic mass is 9.92. The number of aryl methyl sites for hydroxylation is 1. The zero-order valence-electron chi connectivity index (χ0n) is 13.2. The van der Waals surface area contributed by atoms with E-state index in [9.17, 15) is 9.90 Å². The number of amides is 1. The molecule has 0 saturated heterocycles. The maximum atomic E-state index is 12.6. The van der Waals surface area contributed by atoms with E-state index < -0.39 is 0 Å². The summed E-state index contributed by atoms with van der Waals surface area (Å²) >= 11 is 0. The van der Waals surface area contributed by atoms with E-state index in [0.717, 1.165) is 36.8 Å². The normalized spacial score (nSPS) is 23.9. The molecule has 1 amide bonds. The van der Waals surface area contributed by atoms with E-state index in [4.69, 9.17) is 0 Å². The second-order valence-electron chi connectivity index (χ2n) is 6.29. The average Bonchev–Trinajstić information content (AvgIpc) is 2.41. The Balaban J connectivity index is 2.06. The minimum absolute atomic E-state index is 0.0481. The van der Waals surface area contributed by atoms with Gasteiger partial charge in [-0.3, -0.25) is 9.69 Å². The Morgan fingerprint density at radius 2 is 1.95 bits per heavy atom. The molecule has 0 heterocycles. The van der Waals surface area contributed by atoms with Crippen molar-refractivity contribution in [3.05, 3.63) is 35.4 Å². The van der Waals surface area contributed by atoms with E-state index in [0.29, 0.717) is 0 Å². The van der Waals surface area contributed by atoms with Crippen LogP contribution in [0.25, 0.3) is 0 Å². The van der Waals surface area contributed by atoms with Gasteiger partial charge in [-0.25, -0.2) is 0 Å². The van der Waals surface area contributed by atoms with E-state index >= 15 is 0 Å². The molecular weight excluding hydrogens is 264 g/mol. The molecule has 0 spiro atoms. The van der Waals surface area contributed by atoms with Crippen molar-refractivity contribution in [1.82, 2.24) is 10.2 Å². The molecule has 2 rings (SSSR count). The molecule has 1 fully saturated rings. The van der Waals surface area contributed by atoms with Crippen molar-refractivity contribution in [3.63, 3.8) is 0 Å². The number of hydrogen-bond donors (Lipinski definition) is 2. The third-order valence-electron chi connectivity index (χ3n) is 4.17. The van der Waals surface area contributed by atoms with Crippen LogP contribution in [-0.4, -0.2) is 42.2 Å². The molecule has 21 heavy (non-hydrogen) atoms. The molecular formula is C17H26N2O2. The van der Waals surface area contributed by atoms with Crippen LogP contribution in [0, 0.1) is 6.92 Å². The van der Waals surface area contributed by atoms with Crippen molar-refractivity contribution in [3.8, 4) is 0 Å². The molecule has 0 bridgehead atoms. The number of hydrogen-bond acceptors (Lipinski definition) is 3. The summed E-state index contributed by atoms with van der Waals surface area (Å²) in [6.07, 6.45) is 3.09. The summed E-state index contributed by atoms with van der Waals surface area (Å²) in [4.78, 5) is 14.6. The lowest BCUT2D eigenvalue weighted by Crippen LogP contribution is -2.44. The summed E-state index contributed by atoms with van der Waals surface area (Å²) in [5.41, 5.74) is 2.18. The lowest BCUT2D eigenvalue weighted by Gasteiger charge is -2.30. The summed E-state index contributed by atoms with van der Waals surface area (Å²) < 4.78 is 0. The smallest absolute Gasteiger partial charge is 0.242 e. The Bertz CT molecular complexity index is 479. The van der Waals surface area contributed by atoms with Gasteiger partial charge < -0.3 is 10.4 Å². The van der Waals surface area contributed by atoms with Gasteiger partial charge in [-0.1, -0.05) is 29.8 Å². The van der Waals surface area contributed by atoms with Crippen LogP contribution in [0.5, 0.6) is 0 Å².